The lowest BCUT2D eigenvalue weighted by atomic mass is 9.95. The molecule has 0 fully saturated rings. The van der Waals surface area contributed by atoms with Crippen LogP contribution in [0.4, 0.5) is 0 Å². The van der Waals surface area contributed by atoms with E-state index in [-0.39, 0.29) is 0 Å². The molecule has 0 aliphatic carbocycles. The smallest absolute Gasteiger partial charge is 0.124 e. The fourth-order valence-electron chi connectivity index (χ4n) is 4.29. The lowest BCUT2D eigenvalue weighted by molar-refractivity contribution is 0.482. The zero-order valence-corrected chi connectivity index (χ0v) is 14.6. The van der Waals surface area contributed by atoms with Gasteiger partial charge in [0.25, 0.3) is 0 Å². The standard InChI is InChI=1S/C26H16O/c27-25-7-3-6-16-8-9-19-12-22-13-20-10-17-4-1-2-5-18(17)11-21(20)14-23(22)15-24(19)26(16)25/h1-15,27H. The summed E-state index contributed by atoms with van der Waals surface area (Å²) in [5.74, 6) is 0.337. The van der Waals surface area contributed by atoms with Crippen LogP contribution in [0.1, 0.15) is 0 Å². The highest BCUT2D eigenvalue weighted by Crippen LogP contribution is 2.36. The van der Waals surface area contributed by atoms with Crippen molar-refractivity contribution in [1.82, 2.24) is 0 Å². The highest BCUT2D eigenvalue weighted by atomic mass is 16.3. The molecule has 0 saturated heterocycles. The van der Waals surface area contributed by atoms with E-state index in [1.807, 2.05) is 12.1 Å². The Morgan fingerprint density at radius 1 is 0.407 bits per heavy atom. The summed E-state index contributed by atoms with van der Waals surface area (Å²) >= 11 is 0. The van der Waals surface area contributed by atoms with Gasteiger partial charge in [-0.05, 0) is 90.9 Å². The first kappa shape index (κ1) is 14.6. The summed E-state index contributed by atoms with van der Waals surface area (Å²) in [6.45, 7) is 0. The summed E-state index contributed by atoms with van der Waals surface area (Å²) in [7, 11) is 0. The van der Waals surface area contributed by atoms with Crippen LogP contribution in [0.2, 0.25) is 0 Å². The second kappa shape index (κ2) is 5.21. The zero-order chi connectivity index (χ0) is 18.0. The van der Waals surface area contributed by atoms with Crippen LogP contribution in [0.5, 0.6) is 5.75 Å². The molecule has 6 rings (SSSR count). The normalized spacial score (nSPS) is 11.9. The van der Waals surface area contributed by atoms with Crippen molar-refractivity contribution in [2.45, 2.75) is 0 Å². The van der Waals surface area contributed by atoms with E-state index < -0.39 is 0 Å². The quantitative estimate of drug-likeness (QED) is 0.229. The molecule has 0 heterocycles. The Bertz CT molecular complexity index is 1530. The SMILES string of the molecule is Oc1cccc2ccc3cc4cc5cc6ccccc6cc5cc4cc3c12. The average molecular weight is 344 g/mol. The van der Waals surface area contributed by atoms with Gasteiger partial charge in [-0.25, -0.2) is 0 Å². The van der Waals surface area contributed by atoms with E-state index in [2.05, 4.69) is 72.8 Å². The van der Waals surface area contributed by atoms with Gasteiger partial charge in [0, 0.05) is 5.39 Å². The van der Waals surface area contributed by atoms with Gasteiger partial charge in [-0.15, -0.1) is 0 Å². The van der Waals surface area contributed by atoms with E-state index in [4.69, 9.17) is 0 Å². The van der Waals surface area contributed by atoms with Crippen molar-refractivity contribution in [2.75, 3.05) is 0 Å². The molecule has 0 bridgehead atoms. The van der Waals surface area contributed by atoms with E-state index in [0.717, 1.165) is 21.5 Å². The van der Waals surface area contributed by atoms with Gasteiger partial charge in [-0.2, -0.15) is 0 Å². The summed E-state index contributed by atoms with van der Waals surface area (Å²) in [6, 6.07) is 31.9. The molecule has 1 N–H and O–H groups in total. The monoisotopic (exact) mass is 344 g/mol. The van der Waals surface area contributed by atoms with Crippen LogP contribution in [-0.2, 0) is 0 Å². The number of phenols is 1. The molecule has 0 radical (unpaired) electrons. The largest absolute Gasteiger partial charge is 0.507 e. The lowest BCUT2D eigenvalue weighted by Crippen LogP contribution is -1.82. The van der Waals surface area contributed by atoms with Crippen molar-refractivity contribution < 1.29 is 5.11 Å². The minimum Gasteiger partial charge on any atom is -0.507 e. The van der Waals surface area contributed by atoms with Crippen LogP contribution in [0.15, 0.2) is 91.0 Å². The third-order valence-corrected chi connectivity index (χ3v) is 5.62. The third kappa shape index (κ3) is 2.12. The van der Waals surface area contributed by atoms with E-state index in [1.54, 1.807) is 6.07 Å². The lowest BCUT2D eigenvalue weighted by Gasteiger charge is -2.10. The van der Waals surface area contributed by atoms with Crippen molar-refractivity contribution >= 4 is 53.9 Å². The fraction of sp³-hybridized carbons (Fsp3) is 0. The molecule has 0 amide bonds. The zero-order valence-electron chi connectivity index (χ0n) is 14.6. The molecule has 0 aliphatic rings. The second-order valence-corrected chi connectivity index (χ2v) is 7.26. The molecular weight excluding hydrogens is 328 g/mol. The Kier molecular flexibility index (Phi) is 2.81. The molecule has 0 aliphatic heterocycles. The number of hydrogen-bond acceptors (Lipinski definition) is 1. The van der Waals surface area contributed by atoms with Gasteiger partial charge in [-0.3, -0.25) is 0 Å². The summed E-state index contributed by atoms with van der Waals surface area (Å²) in [6.07, 6.45) is 0. The average Bonchev–Trinajstić information content (AvgIpc) is 2.69. The molecule has 1 nitrogen and oxygen atoms in total. The summed E-state index contributed by atoms with van der Waals surface area (Å²) in [5.41, 5.74) is 0. The van der Waals surface area contributed by atoms with Crippen molar-refractivity contribution in [3.8, 4) is 5.75 Å². The van der Waals surface area contributed by atoms with Gasteiger partial charge in [0.2, 0.25) is 0 Å². The minimum atomic E-state index is 0.337. The van der Waals surface area contributed by atoms with E-state index >= 15 is 0 Å². The molecular formula is C26H16O. The van der Waals surface area contributed by atoms with Crippen LogP contribution in [0.25, 0.3) is 53.9 Å². The Balaban J connectivity index is 1.76. The highest BCUT2D eigenvalue weighted by molar-refractivity contribution is 6.16. The molecule has 126 valence electrons. The van der Waals surface area contributed by atoms with Gasteiger partial charge in [0.05, 0.1) is 0 Å². The van der Waals surface area contributed by atoms with Gasteiger partial charge in [0.15, 0.2) is 0 Å². The molecule has 6 aromatic rings. The maximum Gasteiger partial charge on any atom is 0.124 e. The number of aromatic hydroxyl groups is 1. The van der Waals surface area contributed by atoms with Gasteiger partial charge in [-0.1, -0.05) is 48.5 Å². The molecule has 0 unspecified atom stereocenters. The van der Waals surface area contributed by atoms with Gasteiger partial charge in [0.1, 0.15) is 5.75 Å². The Hall–Kier alpha value is -3.58. The van der Waals surface area contributed by atoms with Crippen molar-refractivity contribution in [3.05, 3.63) is 91.0 Å². The van der Waals surface area contributed by atoms with Crippen molar-refractivity contribution in [1.29, 1.82) is 0 Å². The summed E-state index contributed by atoms with van der Waals surface area (Å²) in [4.78, 5) is 0. The van der Waals surface area contributed by atoms with Gasteiger partial charge < -0.3 is 5.11 Å². The molecule has 0 atom stereocenters. The summed E-state index contributed by atoms with van der Waals surface area (Å²) < 4.78 is 0. The minimum absolute atomic E-state index is 0.337. The third-order valence-electron chi connectivity index (χ3n) is 5.62. The van der Waals surface area contributed by atoms with E-state index in [1.165, 1.54) is 32.3 Å². The first-order valence-corrected chi connectivity index (χ1v) is 9.17. The molecule has 27 heavy (non-hydrogen) atoms. The number of fused-ring (bicyclic) bond motifs is 6. The predicted molar refractivity (Wildman–Crippen MR) is 116 cm³/mol. The van der Waals surface area contributed by atoms with Crippen molar-refractivity contribution in [3.63, 3.8) is 0 Å². The molecule has 1 heteroatoms. The van der Waals surface area contributed by atoms with Crippen molar-refractivity contribution in [2.24, 2.45) is 0 Å². The van der Waals surface area contributed by atoms with Crippen LogP contribution in [0, 0.1) is 0 Å². The Labute approximate surface area is 156 Å². The topological polar surface area (TPSA) is 20.2 Å². The Morgan fingerprint density at radius 3 is 1.63 bits per heavy atom. The summed E-state index contributed by atoms with van der Waals surface area (Å²) in [5, 5.41) is 22.1. The number of phenolic OH excluding ortho intramolecular Hbond substituents is 1. The highest BCUT2D eigenvalue weighted by Gasteiger charge is 2.08. The first-order chi connectivity index (χ1) is 13.3. The fourth-order valence-corrected chi connectivity index (χ4v) is 4.29. The molecule has 6 aromatic carbocycles. The number of hydrogen-bond donors (Lipinski definition) is 1. The van der Waals surface area contributed by atoms with Crippen LogP contribution in [-0.4, -0.2) is 5.11 Å². The first-order valence-electron chi connectivity index (χ1n) is 9.17. The maximum atomic E-state index is 10.4. The Morgan fingerprint density at radius 2 is 0.926 bits per heavy atom. The molecule has 0 spiro atoms. The molecule has 0 saturated carbocycles. The van der Waals surface area contributed by atoms with Crippen LogP contribution < -0.4 is 0 Å². The number of benzene rings is 6. The number of rotatable bonds is 0. The molecule has 0 aromatic heterocycles. The van der Waals surface area contributed by atoms with Crippen LogP contribution in [0.3, 0.4) is 0 Å². The predicted octanol–water partition coefficient (Wildman–Crippen LogP) is 7.16. The van der Waals surface area contributed by atoms with Gasteiger partial charge >= 0.3 is 0 Å². The second-order valence-electron chi connectivity index (χ2n) is 7.26. The maximum absolute atomic E-state index is 10.4. The van der Waals surface area contributed by atoms with E-state index in [0.29, 0.717) is 5.75 Å². The van der Waals surface area contributed by atoms with Crippen LogP contribution >= 0.6 is 0 Å². The van der Waals surface area contributed by atoms with E-state index in [9.17, 15) is 5.11 Å².